The number of hydrogen-bond acceptors (Lipinski definition) is 3. The van der Waals surface area contributed by atoms with E-state index < -0.39 is 0 Å². The molecule has 1 aliphatic rings. The van der Waals surface area contributed by atoms with E-state index in [-0.39, 0.29) is 17.2 Å². The Morgan fingerprint density at radius 3 is 2.72 bits per heavy atom. The first-order valence-electron chi connectivity index (χ1n) is 8.46. The van der Waals surface area contributed by atoms with Gasteiger partial charge in [-0.1, -0.05) is 43.3 Å². The average molecular weight is 420 g/mol. The van der Waals surface area contributed by atoms with Crippen molar-refractivity contribution in [3.05, 3.63) is 64.1 Å². The first-order chi connectivity index (χ1) is 12.2. The number of methoxy groups -OCH3 is 1. The van der Waals surface area contributed by atoms with Gasteiger partial charge in [-0.05, 0) is 45.6 Å². The minimum atomic E-state index is -0.0795. The highest BCUT2D eigenvalue weighted by molar-refractivity contribution is 9.10. The van der Waals surface area contributed by atoms with Crippen LogP contribution in [0.2, 0.25) is 0 Å². The third kappa shape index (κ3) is 3.87. The van der Waals surface area contributed by atoms with Crippen molar-refractivity contribution < 1.29 is 9.53 Å². The molecule has 1 amide bonds. The lowest BCUT2D eigenvalue weighted by molar-refractivity contribution is -0.133. The number of carbonyl (C=O) groups excluding carboxylic acids is 1. The van der Waals surface area contributed by atoms with Crippen LogP contribution in [0.25, 0.3) is 0 Å². The second-order valence-corrected chi connectivity index (χ2v) is 8.06. The molecule has 5 heteroatoms. The van der Waals surface area contributed by atoms with Gasteiger partial charge in [-0.3, -0.25) is 4.79 Å². The predicted molar refractivity (Wildman–Crippen MR) is 107 cm³/mol. The van der Waals surface area contributed by atoms with Crippen molar-refractivity contribution in [1.29, 1.82) is 0 Å². The van der Waals surface area contributed by atoms with Crippen LogP contribution in [-0.2, 0) is 4.79 Å². The van der Waals surface area contributed by atoms with Crippen LogP contribution < -0.4 is 4.74 Å². The summed E-state index contributed by atoms with van der Waals surface area (Å²) in [5.74, 6) is 1.91. The summed E-state index contributed by atoms with van der Waals surface area (Å²) in [7, 11) is 1.66. The second kappa shape index (κ2) is 8.28. The second-order valence-electron chi connectivity index (χ2n) is 6.02. The molecule has 1 heterocycles. The summed E-state index contributed by atoms with van der Waals surface area (Å²) in [6, 6.07) is 16.2. The minimum Gasteiger partial charge on any atom is -0.496 e. The molecule has 0 aromatic heterocycles. The molecule has 25 heavy (non-hydrogen) atoms. The predicted octanol–water partition coefficient (Wildman–Crippen LogP) is 5.23. The van der Waals surface area contributed by atoms with Gasteiger partial charge in [0, 0.05) is 12.3 Å². The zero-order valence-electron chi connectivity index (χ0n) is 14.4. The van der Waals surface area contributed by atoms with Gasteiger partial charge in [-0.25, -0.2) is 0 Å². The van der Waals surface area contributed by atoms with Crippen LogP contribution in [0, 0.1) is 0 Å². The van der Waals surface area contributed by atoms with Gasteiger partial charge in [0.15, 0.2) is 0 Å². The smallest absolute Gasteiger partial charge is 0.231 e. The number of benzene rings is 2. The van der Waals surface area contributed by atoms with Crippen LogP contribution in [-0.4, -0.2) is 30.2 Å². The summed E-state index contributed by atoms with van der Waals surface area (Å²) in [5, 5.41) is 0.0625. The molecule has 2 unspecified atom stereocenters. The fraction of sp³-hybridized carbons (Fsp3) is 0.350. The Morgan fingerprint density at radius 2 is 2.08 bits per heavy atom. The zero-order valence-corrected chi connectivity index (χ0v) is 16.8. The van der Waals surface area contributed by atoms with Crippen LogP contribution in [0.15, 0.2) is 53.0 Å². The maximum absolute atomic E-state index is 13.2. The van der Waals surface area contributed by atoms with E-state index in [1.165, 1.54) is 0 Å². The first kappa shape index (κ1) is 18.3. The third-order valence-corrected chi connectivity index (χ3v) is 6.42. The lowest BCUT2D eigenvalue weighted by atomic mass is 9.95. The summed E-state index contributed by atoms with van der Waals surface area (Å²) in [5.41, 5.74) is 2.23. The van der Waals surface area contributed by atoms with Crippen molar-refractivity contribution >= 4 is 33.6 Å². The van der Waals surface area contributed by atoms with E-state index in [4.69, 9.17) is 4.74 Å². The number of carbonyl (C=O) groups is 1. The third-order valence-electron chi connectivity index (χ3n) is 4.54. The van der Waals surface area contributed by atoms with Crippen molar-refractivity contribution in [2.45, 2.75) is 24.6 Å². The Balaban J connectivity index is 1.85. The van der Waals surface area contributed by atoms with Crippen molar-refractivity contribution in [1.82, 2.24) is 4.90 Å². The molecule has 2 aromatic carbocycles. The number of hydrogen-bond donors (Lipinski definition) is 0. The summed E-state index contributed by atoms with van der Waals surface area (Å²) in [6.07, 6.45) is 0.809. The Bertz CT molecular complexity index is 738. The number of amides is 1. The normalized spacial score (nSPS) is 18.2. The number of ether oxygens (including phenoxy) is 1. The van der Waals surface area contributed by atoms with E-state index in [9.17, 15) is 4.79 Å². The number of thioether (sulfide) groups is 1. The quantitative estimate of drug-likeness (QED) is 0.664. The highest BCUT2D eigenvalue weighted by Gasteiger charge is 2.34. The van der Waals surface area contributed by atoms with Gasteiger partial charge in [0.2, 0.25) is 5.91 Å². The molecular weight excluding hydrogens is 398 g/mol. The molecular formula is C20H22BrNO2S. The van der Waals surface area contributed by atoms with Crippen LogP contribution in [0.3, 0.4) is 0 Å². The highest BCUT2D eigenvalue weighted by Crippen LogP contribution is 2.42. The molecule has 2 aromatic rings. The number of halogens is 1. The fourth-order valence-electron chi connectivity index (χ4n) is 3.25. The molecule has 3 rings (SSSR count). The van der Waals surface area contributed by atoms with Gasteiger partial charge in [-0.2, -0.15) is 0 Å². The van der Waals surface area contributed by atoms with E-state index >= 15 is 0 Å². The Kier molecular flexibility index (Phi) is 6.07. The number of rotatable bonds is 5. The van der Waals surface area contributed by atoms with E-state index in [2.05, 4.69) is 35.0 Å². The monoisotopic (exact) mass is 419 g/mol. The number of nitrogens with zero attached hydrogens (tertiary/aromatic N) is 1. The van der Waals surface area contributed by atoms with E-state index in [0.29, 0.717) is 0 Å². The molecule has 2 atom stereocenters. The minimum absolute atomic E-state index is 0.0625. The zero-order chi connectivity index (χ0) is 17.8. The van der Waals surface area contributed by atoms with Crippen molar-refractivity contribution in [3.8, 4) is 5.75 Å². The maximum Gasteiger partial charge on any atom is 0.231 e. The molecule has 0 N–H and O–H groups in total. The van der Waals surface area contributed by atoms with Gasteiger partial charge in [0.25, 0.3) is 0 Å². The van der Waals surface area contributed by atoms with Crippen LogP contribution in [0.1, 0.15) is 35.8 Å². The van der Waals surface area contributed by atoms with Crippen LogP contribution in [0.4, 0.5) is 0 Å². The molecule has 0 aliphatic carbocycles. The Morgan fingerprint density at radius 1 is 1.32 bits per heavy atom. The van der Waals surface area contributed by atoms with Crippen molar-refractivity contribution in [3.63, 3.8) is 0 Å². The summed E-state index contributed by atoms with van der Waals surface area (Å²) in [4.78, 5) is 15.3. The van der Waals surface area contributed by atoms with Gasteiger partial charge < -0.3 is 9.64 Å². The SMILES string of the molecule is CCC(C(=O)N1CCSC1c1ccc(OC)c(Br)c1)c1ccccc1. The Labute approximate surface area is 161 Å². The van der Waals surface area contributed by atoms with Gasteiger partial charge in [0.05, 0.1) is 17.5 Å². The topological polar surface area (TPSA) is 29.5 Å². The molecule has 1 saturated heterocycles. The Hall–Kier alpha value is -1.46. The fourth-order valence-corrected chi connectivity index (χ4v) is 5.06. The van der Waals surface area contributed by atoms with E-state index in [0.717, 1.165) is 40.1 Å². The van der Waals surface area contributed by atoms with Crippen LogP contribution in [0.5, 0.6) is 5.75 Å². The summed E-state index contributed by atoms with van der Waals surface area (Å²) in [6.45, 7) is 2.87. The van der Waals surface area contributed by atoms with Gasteiger partial charge in [-0.15, -0.1) is 11.8 Å². The average Bonchev–Trinajstić information content (AvgIpc) is 3.13. The molecule has 0 spiro atoms. The molecule has 1 fully saturated rings. The summed E-state index contributed by atoms with van der Waals surface area (Å²) >= 11 is 5.37. The van der Waals surface area contributed by atoms with Crippen LogP contribution >= 0.6 is 27.7 Å². The molecule has 0 radical (unpaired) electrons. The first-order valence-corrected chi connectivity index (χ1v) is 10.3. The maximum atomic E-state index is 13.2. The van der Waals surface area contributed by atoms with Gasteiger partial charge in [0.1, 0.15) is 11.1 Å². The van der Waals surface area contributed by atoms with E-state index in [1.54, 1.807) is 7.11 Å². The molecule has 132 valence electrons. The molecule has 3 nitrogen and oxygen atoms in total. The highest BCUT2D eigenvalue weighted by atomic mass is 79.9. The summed E-state index contributed by atoms with van der Waals surface area (Å²) < 4.78 is 6.24. The van der Waals surface area contributed by atoms with Gasteiger partial charge >= 0.3 is 0 Å². The lowest BCUT2D eigenvalue weighted by Crippen LogP contribution is -2.34. The molecule has 0 bridgehead atoms. The van der Waals surface area contributed by atoms with Crippen molar-refractivity contribution in [2.24, 2.45) is 0 Å². The molecule has 0 saturated carbocycles. The van der Waals surface area contributed by atoms with Crippen molar-refractivity contribution in [2.75, 3.05) is 19.4 Å². The van der Waals surface area contributed by atoms with E-state index in [1.807, 2.05) is 53.1 Å². The largest absolute Gasteiger partial charge is 0.496 e. The standard InChI is InChI=1S/C20H22BrNO2S/c1-3-16(14-7-5-4-6-8-14)19(23)22-11-12-25-20(22)15-9-10-18(24-2)17(21)13-15/h4-10,13,16,20H,3,11-12H2,1-2H3. The molecule has 1 aliphatic heterocycles. The lowest BCUT2D eigenvalue weighted by Gasteiger charge is -2.28.